The highest BCUT2D eigenvalue weighted by atomic mass is 32.2. The number of hydrogen-bond donors (Lipinski definition) is 1. The van der Waals surface area contributed by atoms with Gasteiger partial charge >= 0.3 is 0 Å². The molecule has 2 aromatic rings. The van der Waals surface area contributed by atoms with Gasteiger partial charge < -0.3 is 5.32 Å². The van der Waals surface area contributed by atoms with Crippen LogP contribution in [0.1, 0.15) is 11.1 Å². The van der Waals surface area contributed by atoms with E-state index in [2.05, 4.69) is 5.32 Å². The van der Waals surface area contributed by atoms with E-state index < -0.39 is 0 Å². The van der Waals surface area contributed by atoms with E-state index in [1.165, 1.54) is 12.1 Å². The first-order valence-electron chi connectivity index (χ1n) is 8.34. The molecule has 0 spiro atoms. The summed E-state index contributed by atoms with van der Waals surface area (Å²) in [6, 6.07) is 15.0. The number of halogens is 1. The number of carbonyl (C=O) groups excluding carboxylic acids is 3. The maximum Gasteiger partial charge on any atom is 0.293 e. The molecule has 0 atom stereocenters. The third kappa shape index (κ3) is 5.04. The molecule has 2 aromatic carbocycles. The van der Waals surface area contributed by atoms with Gasteiger partial charge in [-0.15, -0.1) is 0 Å². The first-order valence-corrected chi connectivity index (χ1v) is 9.16. The summed E-state index contributed by atoms with van der Waals surface area (Å²) in [5.41, 5.74) is 1.53. The lowest BCUT2D eigenvalue weighted by Crippen LogP contribution is -2.37. The zero-order chi connectivity index (χ0) is 19.2. The minimum atomic E-state index is -0.360. The fourth-order valence-electron chi connectivity index (χ4n) is 2.55. The Bertz CT molecular complexity index is 882. The summed E-state index contributed by atoms with van der Waals surface area (Å²) < 4.78 is 12.9. The van der Waals surface area contributed by atoms with Crippen molar-refractivity contribution in [3.63, 3.8) is 0 Å². The second kappa shape index (κ2) is 8.64. The van der Waals surface area contributed by atoms with Crippen LogP contribution in [0.4, 0.5) is 9.18 Å². The molecule has 1 aliphatic heterocycles. The van der Waals surface area contributed by atoms with Crippen LogP contribution in [0.25, 0.3) is 6.08 Å². The van der Waals surface area contributed by atoms with Gasteiger partial charge in [-0.2, -0.15) is 0 Å². The van der Waals surface area contributed by atoms with E-state index >= 15 is 0 Å². The topological polar surface area (TPSA) is 66.5 Å². The number of amides is 3. The Labute approximate surface area is 160 Å². The smallest absolute Gasteiger partial charge is 0.293 e. The number of rotatable bonds is 6. The van der Waals surface area contributed by atoms with Gasteiger partial charge in [-0.3, -0.25) is 19.3 Å². The number of benzene rings is 2. The van der Waals surface area contributed by atoms with Gasteiger partial charge in [-0.25, -0.2) is 4.39 Å². The van der Waals surface area contributed by atoms with Crippen LogP contribution in [-0.2, 0) is 16.0 Å². The highest BCUT2D eigenvalue weighted by molar-refractivity contribution is 8.18. The highest BCUT2D eigenvalue weighted by Crippen LogP contribution is 2.31. The van der Waals surface area contributed by atoms with Crippen molar-refractivity contribution in [2.45, 2.75) is 6.42 Å². The molecule has 7 heteroatoms. The molecule has 0 radical (unpaired) electrons. The summed E-state index contributed by atoms with van der Waals surface area (Å²) in [7, 11) is 0. The molecular formula is C20H17FN2O3S. The van der Waals surface area contributed by atoms with E-state index in [-0.39, 0.29) is 42.4 Å². The van der Waals surface area contributed by atoms with Crippen molar-refractivity contribution in [3.8, 4) is 0 Å². The van der Waals surface area contributed by atoms with E-state index in [9.17, 15) is 18.8 Å². The van der Waals surface area contributed by atoms with E-state index in [1.54, 1.807) is 18.2 Å². The number of nitrogens with zero attached hydrogens (tertiary/aromatic N) is 1. The molecule has 1 heterocycles. The van der Waals surface area contributed by atoms with Gasteiger partial charge in [0.1, 0.15) is 5.82 Å². The molecule has 0 unspecified atom stereocenters. The number of thioether (sulfide) groups is 1. The Balaban J connectivity index is 1.51. The number of hydrogen-bond acceptors (Lipinski definition) is 4. The number of nitrogens with one attached hydrogen (secondary N) is 1. The van der Waals surface area contributed by atoms with Gasteiger partial charge in [-0.05, 0) is 41.1 Å². The van der Waals surface area contributed by atoms with E-state index in [0.717, 1.165) is 22.2 Å². The maximum atomic E-state index is 12.9. The van der Waals surface area contributed by atoms with Crippen molar-refractivity contribution in [1.29, 1.82) is 0 Å². The molecule has 27 heavy (non-hydrogen) atoms. The zero-order valence-corrected chi connectivity index (χ0v) is 15.2. The molecule has 5 nitrogen and oxygen atoms in total. The summed E-state index contributed by atoms with van der Waals surface area (Å²) in [5.74, 6) is -0.975. The summed E-state index contributed by atoms with van der Waals surface area (Å²) in [6.07, 6.45) is 1.79. The Morgan fingerprint density at radius 2 is 1.78 bits per heavy atom. The normalized spacial score (nSPS) is 15.4. The molecule has 3 rings (SSSR count). The molecule has 0 aliphatic carbocycles. The van der Waals surface area contributed by atoms with Crippen molar-refractivity contribution in [3.05, 3.63) is 76.4 Å². The van der Waals surface area contributed by atoms with Crippen LogP contribution in [-0.4, -0.2) is 35.0 Å². The first kappa shape index (κ1) is 18.8. The fourth-order valence-corrected chi connectivity index (χ4v) is 3.42. The second-order valence-electron chi connectivity index (χ2n) is 5.90. The Morgan fingerprint density at radius 3 is 2.48 bits per heavy atom. The van der Waals surface area contributed by atoms with E-state index in [1.807, 2.05) is 30.3 Å². The lowest BCUT2D eigenvalue weighted by molar-refractivity contribution is -0.124. The molecule has 1 N–H and O–H groups in total. The van der Waals surface area contributed by atoms with E-state index in [0.29, 0.717) is 10.5 Å². The molecule has 1 aliphatic rings. The molecule has 3 amide bonds. The summed E-state index contributed by atoms with van der Waals surface area (Å²) in [6.45, 7) is 0.267. The van der Waals surface area contributed by atoms with Gasteiger partial charge in [0.2, 0.25) is 5.91 Å². The molecule has 0 bridgehead atoms. The fraction of sp³-hybridized carbons (Fsp3) is 0.150. The summed E-state index contributed by atoms with van der Waals surface area (Å²) in [4.78, 5) is 37.9. The zero-order valence-electron chi connectivity index (χ0n) is 14.4. The van der Waals surface area contributed by atoms with Crippen molar-refractivity contribution in [2.75, 3.05) is 13.1 Å². The summed E-state index contributed by atoms with van der Waals surface area (Å²) >= 11 is 0.890. The minimum absolute atomic E-state index is 0.103. The molecule has 0 saturated carbocycles. The Hall–Kier alpha value is -2.93. The van der Waals surface area contributed by atoms with Gasteiger partial charge in [0.05, 0.1) is 11.3 Å². The van der Waals surface area contributed by atoms with Crippen LogP contribution in [0.2, 0.25) is 0 Å². The largest absolute Gasteiger partial charge is 0.354 e. The van der Waals surface area contributed by atoms with Crippen molar-refractivity contribution >= 4 is 34.9 Å². The van der Waals surface area contributed by atoms with E-state index in [4.69, 9.17) is 0 Å². The molecule has 0 aromatic heterocycles. The molecule has 1 saturated heterocycles. The Morgan fingerprint density at radius 1 is 1.07 bits per heavy atom. The predicted octanol–water partition coefficient (Wildman–Crippen LogP) is 3.22. The minimum Gasteiger partial charge on any atom is -0.354 e. The van der Waals surface area contributed by atoms with Gasteiger partial charge in [0, 0.05) is 13.1 Å². The lowest BCUT2D eigenvalue weighted by Gasteiger charge is -2.13. The highest BCUT2D eigenvalue weighted by Gasteiger charge is 2.34. The number of carbonyl (C=O) groups is 3. The third-order valence-corrected chi connectivity index (χ3v) is 4.81. The van der Waals surface area contributed by atoms with Gasteiger partial charge in [0.25, 0.3) is 11.1 Å². The average molecular weight is 384 g/mol. The second-order valence-corrected chi connectivity index (χ2v) is 6.89. The maximum absolute atomic E-state index is 12.9. The van der Waals surface area contributed by atoms with Crippen LogP contribution in [0, 0.1) is 5.82 Å². The lowest BCUT2D eigenvalue weighted by atomic mass is 10.1. The van der Waals surface area contributed by atoms with Crippen LogP contribution >= 0.6 is 11.8 Å². The third-order valence-electron chi connectivity index (χ3n) is 3.91. The van der Waals surface area contributed by atoms with Crippen molar-refractivity contribution in [2.24, 2.45) is 0 Å². The quantitative estimate of drug-likeness (QED) is 0.777. The van der Waals surface area contributed by atoms with Gasteiger partial charge in [-0.1, -0.05) is 42.5 Å². The molecule has 138 valence electrons. The van der Waals surface area contributed by atoms with Crippen molar-refractivity contribution in [1.82, 2.24) is 10.2 Å². The predicted molar refractivity (Wildman–Crippen MR) is 102 cm³/mol. The molecule has 1 fully saturated rings. The standard InChI is InChI=1S/C20H17FN2O3S/c21-16-8-6-15(7-9-16)13-18(24)22-10-11-23-19(25)17(27-20(23)26)12-14-4-2-1-3-5-14/h1-9,12H,10-11,13H2,(H,22,24)/b17-12-. The van der Waals surface area contributed by atoms with Crippen molar-refractivity contribution < 1.29 is 18.8 Å². The Kier molecular flexibility index (Phi) is 6.03. The number of imide groups is 1. The van der Waals surface area contributed by atoms with Crippen LogP contribution in [0.5, 0.6) is 0 Å². The van der Waals surface area contributed by atoms with Crippen LogP contribution in [0.15, 0.2) is 59.5 Å². The van der Waals surface area contributed by atoms with Gasteiger partial charge in [0.15, 0.2) is 0 Å². The van der Waals surface area contributed by atoms with Crippen LogP contribution < -0.4 is 5.32 Å². The SMILES string of the molecule is O=C(Cc1ccc(F)cc1)NCCN1C(=O)S/C(=C\c2ccccc2)C1=O. The summed E-state index contributed by atoms with van der Waals surface area (Å²) in [5, 5.41) is 2.32. The molecular weight excluding hydrogens is 367 g/mol. The van der Waals surface area contributed by atoms with Crippen LogP contribution in [0.3, 0.4) is 0 Å². The first-order chi connectivity index (χ1) is 13.0. The monoisotopic (exact) mass is 384 g/mol. The average Bonchev–Trinajstić information content (AvgIpc) is 2.92.